The molecule has 8 heteroatoms. The maximum Gasteiger partial charge on any atom is 0.327 e. The molecule has 3 heterocycles. The second-order valence-corrected chi connectivity index (χ2v) is 7.58. The third-order valence-electron chi connectivity index (χ3n) is 5.44. The summed E-state index contributed by atoms with van der Waals surface area (Å²) >= 11 is 0. The standard InChI is InChI=1S/C19H32N6O2/c1-4-7-13(3)27-18-22-16(20)15-17(23-18)25(19(26)21-15)11-9-14-8-6-10-24(5-2)12-14/h13-14H,4-12H2,1-3H3,(H,21,26)(H2,20,22,23). The van der Waals surface area contributed by atoms with E-state index in [1.807, 2.05) is 6.92 Å². The number of nitrogens with two attached hydrogens (primary N) is 1. The van der Waals surface area contributed by atoms with Gasteiger partial charge in [0, 0.05) is 13.1 Å². The fraction of sp³-hybridized carbons (Fsp3) is 0.737. The van der Waals surface area contributed by atoms with E-state index in [1.165, 1.54) is 19.4 Å². The average molecular weight is 377 g/mol. The minimum absolute atomic E-state index is 0.00762. The summed E-state index contributed by atoms with van der Waals surface area (Å²) in [6, 6.07) is 0.239. The largest absolute Gasteiger partial charge is 0.460 e. The van der Waals surface area contributed by atoms with Crippen molar-refractivity contribution in [3.8, 4) is 6.01 Å². The van der Waals surface area contributed by atoms with Gasteiger partial charge in [-0.25, -0.2) is 4.79 Å². The SMILES string of the molecule is CCCC(C)Oc1nc(N)c2[nH]c(=O)n(CCC3CCCN(CC)C3)c2n1. The molecule has 0 aromatic carbocycles. The fourth-order valence-electron chi connectivity index (χ4n) is 3.92. The molecule has 2 aromatic rings. The van der Waals surface area contributed by atoms with Crippen LogP contribution < -0.4 is 16.2 Å². The summed E-state index contributed by atoms with van der Waals surface area (Å²) in [6.07, 6.45) is 5.33. The quantitative estimate of drug-likeness (QED) is 0.733. The Morgan fingerprint density at radius 2 is 2.19 bits per heavy atom. The lowest BCUT2D eigenvalue weighted by atomic mass is 9.95. The first-order valence-corrected chi connectivity index (χ1v) is 10.2. The number of aryl methyl sites for hydroxylation is 1. The fourth-order valence-corrected chi connectivity index (χ4v) is 3.92. The summed E-state index contributed by atoms with van der Waals surface area (Å²) < 4.78 is 7.47. The van der Waals surface area contributed by atoms with E-state index in [-0.39, 0.29) is 23.6 Å². The molecule has 1 saturated heterocycles. The van der Waals surface area contributed by atoms with Crippen LogP contribution in [0.4, 0.5) is 5.82 Å². The number of imidazole rings is 1. The van der Waals surface area contributed by atoms with E-state index in [9.17, 15) is 4.79 Å². The van der Waals surface area contributed by atoms with Gasteiger partial charge in [0.1, 0.15) is 5.52 Å². The Kier molecular flexibility index (Phi) is 6.36. The zero-order chi connectivity index (χ0) is 19.4. The monoisotopic (exact) mass is 376 g/mol. The highest BCUT2D eigenvalue weighted by atomic mass is 16.5. The van der Waals surface area contributed by atoms with E-state index in [1.54, 1.807) is 4.57 Å². The van der Waals surface area contributed by atoms with Gasteiger partial charge in [0.25, 0.3) is 0 Å². The van der Waals surface area contributed by atoms with Crippen LogP contribution >= 0.6 is 0 Å². The van der Waals surface area contributed by atoms with E-state index in [0.717, 1.165) is 32.4 Å². The Labute approximate surface area is 160 Å². The molecule has 1 aliphatic heterocycles. The molecule has 2 unspecified atom stereocenters. The third-order valence-corrected chi connectivity index (χ3v) is 5.44. The summed E-state index contributed by atoms with van der Waals surface area (Å²) in [5.74, 6) is 0.861. The number of ether oxygens (including phenoxy) is 1. The predicted octanol–water partition coefficient (Wildman–Crippen LogP) is 2.39. The molecule has 0 aliphatic carbocycles. The average Bonchev–Trinajstić information content (AvgIpc) is 2.96. The number of hydrogen-bond donors (Lipinski definition) is 2. The summed E-state index contributed by atoms with van der Waals surface area (Å²) in [6.45, 7) is 10.3. The Bertz CT molecular complexity index is 814. The van der Waals surface area contributed by atoms with Crippen molar-refractivity contribution in [2.75, 3.05) is 25.4 Å². The molecule has 8 nitrogen and oxygen atoms in total. The predicted molar refractivity (Wildman–Crippen MR) is 107 cm³/mol. The van der Waals surface area contributed by atoms with Crippen LogP contribution in [0.25, 0.3) is 11.2 Å². The molecule has 150 valence electrons. The van der Waals surface area contributed by atoms with E-state index in [0.29, 0.717) is 23.6 Å². The third kappa shape index (κ3) is 4.61. The normalized spacial score (nSPS) is 19.4. The topological polar surface area (TPSA) is 102 Å². The number of fused-ring (bicyclic) bond motifs is 1. The van der Waals surface area contributed by atoms with Crippen LogP contribution in [-0.2, 0) is 6.54 Å². The highest BCUT2D eigenvalue weighted by Gasteiger charge is 2.21. The van der Waals surface area contributed by atoms with Crippen molar-refractivity contribution in [2.45, 2.75) is 65.5 Å². The Morgan fingerprint density at radius 1 is 1.37 bits per heavy atom. The number of hydrogen-bond acceptors (Lipinski definition) is 6. The lowest BCUT2D eigenvalue weighted by molar-refractivity contribution is 0.172. The molecule has 3 rings (SSSR count). The summed E-state index contributed by atoms with van der Waals surface area (Å²) in [5.41, 5.74) is 6.89. The van der Waals surface area contributed by atoms with Crippen molar-refractivity contribution in [1.82, 2.24) is 24.4 Å². The molecule has 3 N–H and O–H groups in total. The summed E-state index contributed by atoms with van der Waals surface area (Å²) in [4.78, 5) is 26.4. The van der Waals surface area contributed by atoms with Crippen LogP contribution in [0.15, 0.2) is 4.79 Å². The highest BCUT2D eigenvalue weighted by molar-refractivity contribution is 5.81. The molecular formula is C19H32N6O2. The van der Waals surface area contributed by atoms with Gasteiger partial charge in [-0.2, -0.15) is 9.97 Å². The van der Waals surface area contributed by atoms with Gasteiger partial charge >= 0.3 is 11.7 Å². The number of H-pyrrole nitrogens is 1. The van der Waals surface area contributed by atoms with Crippen molar-refractivity contribution < 1.29 is 4.74 Å². The van der Waals surface area contributed by atoms with Crippen molar-refractivity contribution in [2.24, 2.45) is 5.92 Å². The van der Waals surface area contributed by atoms with Gasteiger partial charge in [-0.15, -0.1) is 0 Å². The van der Waals surface area contributed by atoms with Crippen molar-refractivity contribution in [3.05, 3.63) is 10.5 Å². The molecule has 0 saturated carbocycles. The lowest BCUT2D eigenvalue weighted by Gasteiger charge is -2.31. The van der Waals surface area contributed by atoms with Crippen LogP contribution in [0.2, 0.25) is 0 Å². The number of anilines is 1. The van der Waals surface area contributed by atoms with E-state index in [2.05, 4.69) is 33.7 Å². The van der Waals surface area contributed by atoms with Crippen LogP contribution in [-0.4, -0.2) is 50.2 Å². The van der Waals surface area contributed by atoms with Crippen molar-refractivity contribution >= 4 is 17.0 Å². The molecule has 0 amide bonds. The molecule has 1 fully saturated rings. The lowest BCUT2D eigenvalue weighted by Crippen LogP contribution is -2.35. The van der Waals surface area contributed by atoms with Gasteiger partial charge in [0.15, 0.2) is 11.5 Å². The first-order chi connectivity index (χ1) is 13.0. The molecule has 1 aliphatic rings. The molecule has 2 atom stereocenters. The zero-order valence-electron chi connectivity index (χ0n) is 16.7. The molecule has 2 aromatic heterocycles. The number of likely N-dealkylation sites (tertiary alicyclic amines) is 1. The summed E-state index contributed by atoms with van der Waals surface area (Å²) in [7, 11) is 0. The highest BCUT2D eigenvalue weighted by Crippen LogP contribution is 2.22. The van der Waals surface area contributed by atoms with Gasteiger partial charge in [-0.3, -0.25) is 4.57 Å². The van der Waals surface area contributed by atoms with Crippen LogP contribution in [0.1, 0.15) is 52.9 Å². The Morgan fingerprint density at radius 3 is 2.93 bits per heavy atom. The molecule has 0 radical (unpaired) electrons. The van der Waals surface area contributed by atoms with E-state index >= 15 is 0 Å². The van der Waals surface area contributed by atoms with E-state index in [4.69, 9.17) is 10.5 Å². The smallest absolute Gasteiger partial charge is 0.327 e. The first kappa shape index (κ1) is 19.7. The van der Waals surface area contributed by atoms with Crippen LogP contribution in [0.3, 0.4) is 0 Å². The van der Waals surface area contributed by atoms with Crippen LogP contribution in [0, 0.1) is 5.92 Å². The first-order valence-electron chi connectivity index (χ1n) is 10.2. The second-order valence-electron chi connectivity index (χ2n) is 7.58. The molecule has 27 heavy (non-hydrogen) atoms. The van der Waals surface area contributed by atoms with Gasteiger partial charge in [-0.1, -0.05) is 20.3 Å². The molecular weight excluding hydrogens is 344 g/mol. The minimum atomic E-state index is -0.187. The van der Waals surface area contributed by atoms with Crippen molar-refractivity contribution in [1.29, 1.82) is 0 Å². The number of nitrogens with one attached hydrogen (secondary N) is 1. The Hall–Kier alpha value is -2.09. The van der Waals surface area contributed by atoms with Gasteiger partial charge < -0.3 is 20.4 Å². The maximum absolute atomic E-state index is 12.5. The van der Waals surface area contributed by atoms with E-state index < -0.39 is 0 Å². The van der Waals surface area contributed by atoms with Crippen LogP contribution in [0.5, 0.6) is 6.01 Å². The number of piperidine rings is 1. The number of aromatic amines is 1. The second kappa shape index (κ2) is 8.73. The number of rotatable bonds is 8. The maximum atomic E-state index is 12.5. The van der Waals surface area contributed by atoms with Gasteiger partial charge in [0.2, 0.25) is 0 Å². The molecule has 0 spiro atoms. The number of aromatic nitrogens is 4. The zero-order valence-corrected chi connectivity index (χ0v) is 16.7. The summed E-state index contributed by atoms with van der Waals surface area (Å²) in [5, 5.41) is 0. The van der Waals surface area contributed by atoms with Gasteiger partial charge in [0.05, 0.1) is 6.10 Å². The minimum Gasteiger partial charge on any atom is -0.460 e. The Balaban J connectivity index is 1.79. The van der Waals surface area contributed by atoms with Gasteiger partial charge in [-0.05, 0) is 51.6 Å². The number of nitrogen functional groups attached to an aromatic ring is 1. The molecule has 0 bridgehead atoms. The number of nitrogens with zero attached hydrogens (tertiary/aromatic N) is 4. The van der Waals surface area contributed by atoms with Crippen molar-refractivity contribution in [3.63, 3.8) is 0 Å².